The van der Waals surface area contributed by atoms with E-state index in [0.717, 1.165) is 56.7 Å². The number of ether oxygens (including phenoxy) is 6. The molecule has 3 aliphatic carbocycles. The van der Waals surface area contributed by atoms with Crippen molar-refractivity contribution >= 4 is 35.1 Å². The Labute approximate surface area is 581 Å². The highest BCUT2D eigenvalue weighted by molar-refractivity contribution is 5.90. The average Bonchev–Trinajstić information content (AvgIpc) is 1.62. The van der Waals surface area contributed by atoms with Crippen LogP contribution in [0, 0.1) is 37.1 Å². The van der Waals surface area contributed by atoms with Crippen molar-refractivity contribution < 1.29 is 75.8 Å². The number of benzene rings is 6. The van der Waals surface area contributed by atoms with E-state index in [0.29, 0.717) is 90.6 Å². The first-order valence-electron chi connectivity index (χ1n) is 33.1. The number of halogens is 1. The number of phenolic OH excluding ortho intramolecular Hbond substituents is 3. The van der Waals surface area contributed by atoms with Crippen LogP contribution >= 0.6 is 0 Å². The number of aryl methyl sites for hydroxylation is 1. The summed E-state index contributed by atoms with van der Waals surface area (Å²) in [5.74, 6) is 4.31. The highest BCUT2D eigenvalue weighted by Crippen LogP contribution is 2.54. The predicted molar refractivity (Wildman–Crippen MR) is 376 cm³/mol. The molecule has 0 bridgehead atoms. The molecule has 8 unspecified atom stereocenters. The number of nitrogens with zero attached hydrogens (tertiary/aromatic N) is 1. The van der Waals surface area contributed by atoms with Gasteiger partial charge in [0.1, 0.15) is 23.1 Å². The van der Waals surface area contributed by atoms with E-state index in [9.17, 15) is 34.1 Å². The third kappa shape index (κ3) is 16.4. The summed E-state index contributed by atoms with van der Waals surface area (Å²) < 4.78 is 61.9. The third-order valence-corrected chi connectivity index (χ3v) is 19.5. The molecule has 522 valence electrons. The van der Waals surface area contributed by atoms with Gasteiger partial charge in [-0.1, -0.05) is 80.4 Å². The van der Waals surface area contributed by atoms with Gasteiger partial charge in [-0.2, -0.15) is 0 Å². The van der Waals surface area contributed by atoms with E-state index in [2.05, 4.69) is 59.8 Å². The Morgan fingerprint density at radius 1 is 0.490 bits per heavy atom. The van der Waals surface area contributed by atoms with Crippen molar-refractivity contribution in [3.05, 3.63) is 236 Å². The van der Waals surface area contributed by atoms with Gasteiger partial charge in [0.2, 0.25) is 35.0 Å². The topological polar surface area (TPSA) is 247 Å². The highest BCUT2D eigenvalue weighted by atomic mass is 19.1. The Bertz CT molecular complexity index is 4330. The molecule has 0 saturated heterocycles. The number of aromatic hydroxyl groups is 3. The molecule has 19 nitrogen and oxygen atoms in total. The summed E-state index contributed by atoms with van der Waals surface area (Å²) in [5, 5.41) is 39.6. The molecular weight excluding hydrogens is 1280 g/mol. The lowest BCUT2D eigenvalue weighted by atomic mass is 9.83. The maximum atomic E-state index is 14.1. The highest BCUT2D eigenvalue weighted by Gasteiger charge is 2.41. The number of rotatable bonds is 23. The molecule has 0 fully saturated rings. The monoisotopic (exact) mass is 1360 g/mol. The summed E-state index contributed by atoms with van der Waals surface area (Å²) in [5.41, 5.74) is 11.9. The van der Waals surface area contributed by atoms with E-state index < -0.39 is 0 Å². The van der Waals surface area contributed by atoms with Gasteiger partial charge in [0.05, 0.1) is 87.7 Å². The van der Waals surface area contributed by atoms with Crippen molar-refractivity contribution in [3.8, 4) is 51.7 Å². The fourth-order valence-corrected chi connectivity index (χ4v) is 14.3. The van der Waals surface area contributed by atoms with Gasteiger partial charge < -0.3 is 72.9 Å². The van der Waals surface area contributed by atoms with Crippen LogP contribution in [0.15, 0.2) is 159 Å². The van der Waals surface area contributed by atoms with E-state index in [1.165, 1.54) is 71.5 Å². The molecule has 0 spiro atoms. The smallest absolute Gasteiger partial charge is 0.221 e. The van der Waals surface area contributed by atoms with Crippen LogP contribution in [0.3, 0.4) is 0 Å². The maximum Gasteiger partial charge on any atom is 0.221 e. The molecule has 3 aromatic heterocycles. The van der Waals surface area contributed by atoms with Gasteiger partial charge in [0.25, 0.3) is 0 Å². The zero-order valence-electron chi connectivity index (χ0n) is 57.8. The number of hydrogen-bond donors (Lipinski definition) is 6. The van der Waals surface area contributed by atoms with E-state index in [4.69, 9.17) is 48.2 Å². The molecule has 6 N–H and O–H groups in total. The Balaban J connectivity index is 0.000000162. The van der Waals surface area contributed by atoms with Gasteiger partial charge in [-0.05, 0) is 202 Å². The number of hydrogen-bond acceptors (Lipinski definition) is 15. The van der Waals surface area contributed by atoms with Crippen molar-refractivity contribution in [2.75, 3.05) is 42.7 Å². The Kier molecular flexibility index (Phi) is 23.3. The largest absolute Gasteiger partial charge is 0.502 e. The van der Waals surface area contributed by atoms with Crippen LogP contribution in [0.1, 0.15) is 143 Å². The maximum absolute atomic E-state index is 14.1. The second-order valence-corrected chi connectivity index (χ2v) is 25.5. The lowest BCUT2D eigenvalue weighted by Crippen LogP contribution is -2.25. The van der Waals surface area contributed by atoms with Gasteiger partial charge in [-0.25, -0.2) is 9.24 Å². The van der Waals surface area contributed by atoms with Crippen molar-refractivity contribution in [2.45, 2.75) is 109 Å². The van der Waals surface area contributed by atoms with Crippen molar-refractivity contribution in [2.24, 2.45) is 17.8 Å². The first-order chi connectivity index (χ1) is 48.3. The lowest BCUT2D eigenvalue weighted by molar-refractivity contribution is -0.122. The van der Waals surface area contributed by atoms with Crippen LogP contribution in [-0.4, -0.2) is 75.7 Å². The molecular formula is C80H85FN4O15. The Hall–Kier alpha value is -11.1. The molecule has 6 aromatic carbocycles. The number of allylic oxidation sites excluding steroid dienone is 1. The Morgan fingerprint density at radius 2 is 0.890 bits per heavy atom. The number of phenols is 3. The molecule has 9 aromatic rings. The first kappa shape index (κ1) is 71.7. The standard InChI is InChI=1S/C27H28N2O5.C27H31NO5.C26H26FNO5/c1-16-21(10-17-11-24(32-3)27(31)25(12-17)33-4)20-8-7-18(28-2)13-23(20)22(16)14-26(30)29-15-19-6-5-9-34-19;1-16-7-8-20-21(11-18-12-24(31-3)27(30)25(13-18)32-4)17(2)22(23(20)10-16)14-26(29)28-15-19-6-5-9-33-19;1-15-20(9-16-10-23(31-2)26(30)24(11-16)32-3)19-7-6-17(27)12-22(19)21(15)13-25(29)28-14-18-5-4-8-33-18/h5-9,11-13,16,21-22,31H,10,14-15H2,1,3-4H3,(H,29,30);5-10,12-13,17,21-22,30H,11,14-15H2,1-4H3,(H,28,29);4-12,15,21,30H,13-14H2,1-3H3,(H,28,29)/b;;20-9-. The zero-order chi connectivity index (χ0) is 71.3. The number of amides is 3. The molecule has 0 aliphatic heterocycles. The van der Waals surface area contributed by atoms with Crippen LogP contribution in [0.5, 0.6) is 51.7 Å². The summed E-state index contributed by atoms with van der Waals surface area (Å²) in [6.07, 6.45) is 9.14. The predicted octanol–water partition coefficient (Wildman–Crippen LogP) is 15.5. The summed E-state index contributed by atoms with van der Waals surface area (Å²) in [6.45, 7) is 17.0. The number of furan rings is 3. The van der Waals surface area contributed by atoms with E-state index in [1.54, 1.807) is 55.2 Å². The molecule has 0 saturated carbocycles. The van der Waals surface area contributed by atoms with Gasteiger partial charge in [-0.3, -0.25) is 14.4 Å². The molecule has 3 heterocycles. The fraction of sp³-hybridized carbons (Fsp3) is 0.325. The van der Waals surface area contributed by atoms with Gasteiger partial charge in [-0.15, -0.1) is 0 Å². The molecule has 100 heavy (non-hydrogen) atoms. The van der Waals surface area contributed by atoms with Gasteiger partial charge in [0.15, 0.2) is 40.2 Å². The van der Waals surface area contributed by atoms with E-state index >= 15 is 0 Å². The number of nitrogens with one attached hydrogen (secondary N) is 3. The first-order valence-corrected chi connectivity index (χ1v) is 33.1. The summed E-state index contributed by atoms with van der Waals surface area (Å²) in [7, 11) is 9.03. The normalized spacial score (nSPS) is 18.7. The molecule has 8 atom stereocenters. The summed E-state index contributed by atoms with van der Waals surface area (Å²) in [6, 6.07) is 38.6. The van der Waals surface area contributed by atoms with Crippen LogP contribution < -0.4 is 44.4 Å². The molecule has 20 heteroatoms. The molecule has 0 radical (unpaired) electrons. The second-order valence-electron chi connectivity index (χ2n) is 25.5. The number of carbonyl (C=O) groups excluding carboxylic acids is 3. The number of methoxy groups -OCH3 is 6. The second kappa shape index (κ2) is 32.5. The molecule has 3 amide bonds. The number of fused-ring (bicyclic) bond motifs is 3. The van der Waals surface area contributed by atoms with Crippen molar-refractivity contribution in [3.63, 3.8) is 0 Å². The minimum Gasteiger partial charge on any atom is -0.502 e. The fourth-order valence-electron chi connectivity index (χ4n) is 14.3. The van der Waals surface area contributed by atoms with Crippen LogP contribution in [0.4, 0.5) is 10.1 Å². The minimum absolute atomic E-state index is 0.00495. The van der Waals surface area contributed by atoms with E-state index in [1.807, 2.05) is 73.7 Å². The molecule has 3 aliphatic rings. The van der Waals surface area contributed by atoms with Crippen LogP contribution in [0.25, 0.3) is 16.5 Å². The van der Waals surface area contributed by atoms with Gasteiger partial charge in [0, 0.05) is 19.3 Å². The SMILES string of the molecule is COc1cc(/C=C2\c3ccc(F)cc3C(CC(=O)NCc3ccco3)C2C)cc(OC)c1O.COc1cc(CC2c3ccc(C)cc3C(CC(=O)NCc3ccco3)C2C)cc(OC)c1O.[C-]#[N+]c1ccc2c(c1)C(CC(=O)NCc1ccco1)C(C)C2Cc1cc(OC)c(O)c(OC)c1. The third-order valence-electron chi connectivity index (χ3n) is 19.5. The van der Waals surface area contributed by atoms with Gasteiger partial charge >= 0.3 is 0 Å². The van der Waals surface area contributed by atoms with Crippen molar-refractivity contribution in [1.29, 1.82) is 0 Å². The van der Waals surface area contributed by atoms with E-state index in [-0.39, 0.29) is 94.6 Å². The van der Waals surface area contributed by atoms with Crippen LogP contribution in [0.2, 0.25) is 0 Å². The quantitative estimate of drug-likeness (QED) is 0.0326. The lowest BCUT2D eigenvalue weighted by Gasteiger charge is -2.22. The summed E-state index contributed by atoms with van der Waals surface area (Å²) >= 11 is 0. The zero-order valence-corrected chi connectivity index (χ0v) is 57.8. The average molecular weight is 1360 g/mol. The number of carbonyl (C=O) groups is 3. The summed E-state index contributed by atoms with van der Waals surface area (Å²) in [4.78, 5) is 41.9. The molecule has 12 rings (SSSR count). The van der Waals surface area contributed by atoms with Crippen molar-refractivity contribution in [1.82, 2.24) is 16.0 Å². The Morgan fingerprint density at radius 3 is 1.29 bits per heavy atom. The van der Waals surface area contributed by atoms with Crippen LogP contribution in [-0.2, 0) is 46.9 Å². The minimum atomic E-state index is -0.337.